The second-order valence-corrected chi connectivity index (χ2v) is 12.8. The van der Waals surface area contributed by atoms with E-state index in [9.17, 15) is 29.7 Å². The summed E-state index contributed by atoms with van der Waals surface area (Å²) in [6.07, 6.45) is 6.80. The number of benzene rings is 1. The third kappa shape index (κ3) is 4.12. The van der Waals surface area contributed by atoms with Crippen LogP contribution >= 0.6 is 0 Å². The number of ether oxygens (including phenoxy) is 1. The van der Waals surface area contributed by atoms with E-state index in [1.54, 1.807) is 30.4 Å². The monoisotopic (exact) mass is 566 g/mol. The zero-order chi connectivity index (χ0) is 30.1. The Morgan fingerprint density at radius 1 is 1.15 bits per heavy atom. The number of aliphatic carboxylic acids is 1. The van der Waals surface area contributed by atoms with Crippen LogP contribution in [0.5, 0.6) is 0 Å². The first-order chi connectivity index (χ1) is 19.1. The first-order valence-corrected chi connectivity index (χ1v) is 14.1. The molecular formula is C32H38O9. The van der Waals surface area contributed by atoms with E-state index in [0.717, 1.165) is 11.1 Å². The Bertz CT molecular complexity index is 1390. The lowest BCUT2D eigenvalue weighted by Gasteiger charge is -2.54. The van der Waals surface area contributed by atoms with Gasteiger partial charge in [-0.1, -0.05) is 43.7 Å². The van der Waals surface area contributed by atoms with Crippen molar-refractivity contribution in [2.45, 2.75) is 76.8 Å². The van der Waals surface area contributed by atoms with Gasteiger partial charge in [-0.05, 0) is 80.7 Å². The molecule has 9 heteroatoms. The normalized spacial score (nSPS) is 40.2. The maximum absolute atomic E-state index is 13.2. The zero-order valence-corrected chi connectivity index (χ0v) is 23.7. The van der Waals surface area contributed by atoms with E-state index in [2.05, 4.69) is 13.0 Å². The van der Waals surface area contributed by atoms with Gasteiger partial charge < -0.3 is 30.3 Å². The third-order valence-corrected chi connectivity index (χ3v) is 10.6. The average molecular weight is 567 g/mol. The van der Waals surface area contributed by atoms with E-state index >= 15 is 0 Å². The van der Waals surface area contributed by atoms with Gasteiger partial charge in [0.25, 0.3) is 0 Å². The van der Waals surface area contributed by atoms with Crippen LogP contribution in [0.2, 0.25) is 0 Å². The number of carbonyl (C=O) groups excluding carboxylic acids is 1. The Hall–Kier alpha value is -3.27. The van der Waals surface area contributed by atoms with Crippen LogP contribution in [-0.2, 0) is 14.3 Å². The number of hydrogen-bond acceptors (Lipinski definition) is 7. The molecule has 2 saturated carbocycles. The van der Waals surface area contributed by atoms with E-state index in [1.807, 2.05) is 32.9 Å². The summed E-state index contributed by atoms with van der Waals surface area (Å²) in [5, 5.41) is 49.6. The lowest BCUT2D eigenvalue weighted by Crippen LogP contribution is -2.63. The molecule has 0 radical (unpaired) electrons. The standard InChI is InChI=1S/C24H30O7.C8H8O2/c1-12-8-16-15-5-4-13-9-14(25)6-7-21(13,2)24(15)18(31-24)11-22(16,3)23(12,30)20(29)17(26)10-19(27)28;1-6-3-2-4-7(5-6)8(9)10/h4,6-7,9,12,15-18,25-26,30H,5,8,10-11H2,1-3H3,(H,27,28);2-5H,1H3,(H,9,10)/t12?,15-,16-,17?,18-,21-,22-,23-,24+;/m0./s1. The zero-order valence-electron chi connectivity index (χ0n) is 23.7. The number of carboxylic acid groups (broad SMARTS) is 2. The fraction of sp³-hybridized carbons (Fsp3) is 0.531. The highest BCUT2D eigenvalue weighted by atomic mass is 16.6. The van der Waals surface area contributed by atoms with E-state index in [-0.39, 0.29) is 23.7 Å². The Balaban J connectivity index is 0.000000287. The number of rotatable bonds is 5. The Morgan fingerprint density at radius 2 is 1.85 bits per heavy atom. The molecule has 1 aromatic rings. The van der Waals surface area contributed by atoms with Gasteiger partial charge in [0, 0.05) is 10.8 Å². The van der Waals surface area contributed by atoms with Gasteiger partial charge in [0.2, 0.25) is 0 Å². The maximum Gasteiger partial charge on any atom is 0.335 e. The molecule has 3 fully saturated rings. The molecule has 0 aromatic heterocycles. The number of Topliss-reactive ketones (excluding diaryl/α,β-unsaturated/α-hetero) is 1. The fourth-order valence-electron chi connectivity index (χ4n) is 8.56. The minimum Gasteiger partial charge on any atom is -0.508 e. The molecule has 1 saturated heterocycles. The van der Waals surface area contributed by atoms with Gasteiger partial charge in [-0.15, -0.1) is 0 Å². The van der Waals surface area contributed by atoms with Crippen LogP contribution in [0.25, 0.3) is 0 Å². The number of aryl methyl sites for hydroxylation is 1. The van der Waals surface area contributed by atoms with Crippen molar-refractivity contribution in [2.24, 2.45) is 28.6 Å². The molecule has 6 rings (SSSR count). The van der Waals surface area contributed by atoms with Gasteiger partial charge in [-0.3, -0.25) is 9.59 Å². The average Bonchev–Trinajstić information content (AvgIpc) is 3.58. The van der Waals surface area contributed by atoms with Crippen molar-refractivity contribution >= 4 is 17.7 Å². The van der Waals surface area contributed by atoms with Gasteiger partial charge in [-0.2, -0.15) is 0 Å². The number of carbonyl (C=O) groups is 3. The maximum atomic E-state index is 13.2. The highest BCUT2D eigenvalue weighted by Crippen LogP contribution is 2.75. The summed E-state index contributed by atoms with van der Waals surface area (Å²) in [7, 11) is 0. The van der Waals surface area contributed by atoms with Crippen LogP contribution in [-0.4, -0.2) is 66.7 Å². The lowest BCUT2D eigenvalue weighted by atomic mass is 9.47. The van der Waals surface area contributed by atoms with Crippen molar-refractivity contribution < 1.29 is 44.7 Å². The molecule has 220 valence electrons. The molecule has 9 nitrogen and oxygen atoms in total. The molecular weight excluding hydrogens is 528 g/mol. The summed E-state index contributed by atoms with van der Waals surface area (Å²) >= 11 is 0. The van der Waals surface area contributed by atoms with Crippen LogP contribution in [0.4, 0.5) is 0 Å². The number of epoxide rings is 1. The smallest absolute Gasteiger partial charge is 0.335 e. The largest absolute Gasteiger partial charge is 0.508 e. The molecule has 9 atom stereocenters. The molecule has 1 aromatic carbocycles. The van der Waals surface area contributed by atoms with Crippen molar-refractivity contribution in [1.82, 2.24) is 0 Å². The molecule has 1 spiro atoms. The second-order valence-electron chi connectivity index (χ2n) is 12.8. The van der Waals surface area contributed by atoms with Crippen molar-refractivity contribution in [3.05, 3.63) is 71.0 Å². The van der Waals surface area contributed by atoms with Crippen LogP contribution in [0, 0.1) is 35.5 Å². The summed E-state index contributed by atoms with van der Waals surface area (Å²) in [5.74, 6) is -3.06. The van der Waals surface area contributed by atoms with Crippen LogP contribution < -0.4 is 0 Å². The van der Waals surface area contributed by atoms with Gasteiger partial charge in [-0.25, -0.2) is 4.79 Å². The first kappa shape index (κ1) is 29.2. The molecule has 4 aliphatic carbocycles. The molecule has 0 bridgehead atoms. The summed E-state index contributed by atoms with van der Waals surface area (Å²) in [4.78, 5) is 34.6. The van der Waals surface area contributed by atoms with E-state index < -0.39 is 58.2 Å². The molecule has 5 N–H and O–H groups in total. The number of aromatic carboxylic acids is 1. The van der Waals surface area contributed by atoms with Crippen molar-refractivity contribution in [3.63, 3.8) is 0 Å². The van der Waals surface area contributed by atoms with Gasteiger partial charge >= 0.3 is 11.9 Å². The second kappa shape index (κ2) is 9.64. The summed E-state index contributed by atoms with van der Waals surface area (Å²) in [6, 6.07) is 6.82. The van der Waals surface area contributed by atoms with Crippen LogP contribution in [0.15, 0.2) is 59.9 Å². The number of ketones is 1. The summed E-state index contributed by atoms with van der Waals surface area (Å²) in [5.41, 5.74) is -1.12. The highest BCUT2D eigenvalue weighted by molar-refractivity contribution is 5.95. The predicted octanol–water partition coefficient (Wildman–Crippen LogP) is 3.98. The molecule has 2 unspecified atom stereocenters. The lowest BCUT2D eigenvalue weighted by molar-refractivity contribution is -0.172. The van der Waals surface area contributed by atoms with Crippen molar-refractivity contribution in [1.29, 1.82) is 0 Å². The molecule has 1 heterocycles. The first-order valence-electron chi connectivity index (χ1n) is 14.1. The Morgan fingerprint density at radius 3 is 2.46 bits per heavy atom. The number of hydrogen-bond donors (Lipinski definition) is 5. The predicted molar refractivity (Wildman–Crippen MR) is 148 cm³/mol. The fourth-order valence-corrected chi connectivity index (χ4v) is 8.56. The molecule has 1 aliphatic heterocycles. The number of carboxylic acids is 2. The Labute approximate surface area is 238 Å². The summed E-state index contributed by atoms with van der Waals surface area (Å²) < 4.78 is 6.43. The number of aliphatic hydroxyl groups excluding tert-OH is 2. The van der Waals surface area contributed by atoms with Crippen LogP contribution in [0.1, 0.15) is 62.4 Å². The van der Waals surface area contributed by atoms with E-state index in [1.165, 1.54) is 0 Å². The van der Waals surface area contributed by atoms with E-state index in [4.69, 9.17) is 14.9 Å². The number of allylic oxidation sites excluding steroid dienone is 3. The SMILES string of the molecule is CC1C[C@H]2[C@@H]3CC=C4C=C(O)C=C[C@]4(C)[C@@]34O[C@H]4C[C@]2(C)[C@@]1(O)C(=O)C(O)CC(=O)O.Cc1cccc(C(=O)O)c1. The van der Waals surface area contributed by atoms with Crippen molar-refractivity contribution in [2.75, 3.05) is 0 Å². The molecule has 0 amide bonds. The third-order valence-electron chi connectivity index (χ3n) is 10.6. The number of aliphatic hydroxyl groups is 3. The van der Waals surface area contributed by atoms with Gasteiger partial charge in [0.1, 0.15) is 23.1 Å². The van der Waals surface area contributed by atoms with Crippen molar-refractivity contribution in [3.8, 4) is 0 Å². The Kier molecular flexibility index (Phi) is 6.88. The van der Waals surface area contributed by atoms with Gasteiger partial charge in [0.15, 0.2) is 5.78 Å². The molecule has 41 heavy (non-hydrogen) atoms. The molecule has 5 aliphatic rings. The minimum atomic E-state index is -1.81. The number of fused-ring (bicyclic) bond motifs is 3. The van der Waals surface area contributed by atoms with Gasteiger partial charge in [0.05, 0.1) is 18.1 Å². The quantitative estimate of drug-likeness (QED) is 0.332. The minimum absolute atomic E-state index is 0.0187. The van der Waals surface area contributed by atoms with E-state index in [0.29, 0.717) is 24.8 Å². The topological polar surface area (TPSA) is 165 Å². The summed E-state index contributed by atoms with van der Waals surface area (Å²) in [6.45, 7) is 7.72. The highest BCUT2D eigenvalue weighted by Gasteiger charge is 2.81. The van der Waals surface area contributed by atoms with Crippen LogP contribution in [0.3, 0.4) is 0 Å².